The third-order valence-corrected chi connectivity index (χ3v) is 6.46. The lowest BCUT2D eigenvalue weighted by atomic mass is 9.78. The maximum Gasteiger partial charge on any atom is 0.404 e. The van der Waals surface area contributed by atoms with Gasteiger partial charge in [-0.3, -0.25) is 0 Å². The summed E-state index contributed by atoms with van der Waals surface area (Å²) in [6, 6.07) is 17.7. The maximum atomic E-state index is 10.7. The van der Waals surface area contributed by atoms with Gasteiger partial charge in [0.2, 0.25) is 5.89 Å². The van der Waals surface area contributed by atoms with E-state index in [9.17, 15) is 4.79 Å². The molecule has 4 aromatic rings. The Morgan fingerprint density at radius 2 is 1.65 bits per heavy atom. The summed E-state index contributed by atoms with van der Waals surface area (Å²) >= 11 is 0. The smallest absolute Gasteiger partial charge is 0.404 e. The molecule has 2 N–H and O–H groups in total. The molecule has 5 rings (SSSR count). The molecule has 0 bridgehead atoms. The van der Waals surface area contributed by atoms with E-state index in [-0.39, 0.29) is 23.6 Å². The van der Waals surface area contributed by atoms with Gasteiger partial charge in [0.1, 0.15) is 23.3 Å². The molecule has 2 heterocycles. The number of carboxylic acid groups (broad SMARTS) is 1. The Labute approximate surface area is 213 Å². The normalized spacial score (nSPS) is 17.1. The fourth-order valence-corrected chi connectivity index (χ4v) is 4.22. The second kappa shape index (κ2) is 9.88. The lowest BCUT2D eigenvalue weighted by molar-refractivity contribution is 0.0833. The molecule has 1 amide bonds. The Balaban J connectivity index is 1.21. The number of aromatic nitrogens is 4. The Morgan fingerprint density at radius 3 is 2.24 bits per heavy atom. The van der Waals surface area contributed by atoms with Crippen molar-refractivity contribution in [3.8, 4) is 29.1 Å². The monoisotopic (exact) mass is 501 g/mol. The molecule has 190 valence electrons. The minimum atomic E-state index is -0.993. The molecule has 0 unspecified atom stereocenters. The van der Waals surface area contributed by atoms with Crippen LogP contribution in [0.15, 0.2) is 65.2 Å². The van der Waals surface area contributed by atoms with Gasteiger partial charge < -0.3 is 24.3 Å². The second-order valence-corrected chi connectivity index (χ2v) is 9.48. The first-order chi connectivity index (χ1) is 17.8. The van der Waals surface area contributed by atoms with Crippen LogP contribution in [0.1, 0.15) is 43.7 Å². The molecule has 0 atom stereocenters. The highest BCUT2D eigenvalue weighted by molar-refractivity contribution is 5.65. The lowest BCUT2D eigenvalue weighted by Gasteiger charge is -2.35. The average Bonchev–Trinajstić information content (AvgIpc) is 3.30. The zero-order valence-corrected chi connectivity index (χ0v) is 20.7. The minimum absolute atomic E-state index is 0.0299. The van der Waals surface area contributed by atoms with Crippen molar-refractivity contribution in [3.63, 3.8) is 0 Å². The fraction of sp³-hybridized carbons (Fsp3) is 0.296. The van der Waals surface area contributed by atoms with Crippen LogP contribution in [0, 0.1) is 6.92 Å². The van der Waals surface area contributed by atoms with E-state index in [4.69, 9.17) is 19.0 Å². The van der Waals surface area contributed by atoms with E-state index in [1.807, 2.05) is 36.4 Å². The largest absolute Gasteiger partial charge is 0.490 e. The Bertz CT molecular complexity index is 1380. The van der Waals surface area contributed by atoms with Crippen LogP contribution in [0.2, 0.25) is 0 Å². The van der Waals surface area contributed by atoms with Crippen molar-refractivity contribution < 1.29 is 23.8 Å². The van der Waals surface area contributed by atoms with Crippen LogP contribution in [0.25, 0.3) is 11.6 Å². The topological polar surface area (TPSA) is 132 Å². The third kappa shape index (κ3) is 5.53. The predicted molar refractivity (Wildman–Crippen MR) is 134 cm³/mol. The van der Waals surface area contributed by atoms with Crippen LogP contribution in [0.5, 0.6) is 17.5 Å². The SMILES string of the molecule is Cc1nnc(-c2ccnc(Oc3ccc(C(C)(C)c4ccc(OC5CC(NC(=O)O)C5)cc4)cc3)n2)o1. The van der Waals surface area contributed by atoms with E-state index in [2.05, 4.69) is 51.5 Å². The van der Waals surface area contributed by atoms with Crippen molar-refractivity contribution in [1.82, 2.24) is 25.5 Å². The highest BCUT2D eigenvalue weighted by Gasteiger charge is 2.32. The summed E-state index contributed by atoms with van der Waals surface area (Å²) in [5.41, 5.74) is 2.49. The van der Waals surface area contributed by atoms with Gasteiger partial charge in [-0.15, -0.1) is 10.2 Å². The van der Waals surface area contributed by atoms with Gasteiger partial charge in [0.05, 0.1) is 0 Å². The molecule has 37 heavy (non-hydrogen) atoms. The lowest BCUT2D eigenvalue weighted by Crippen LogP contribution is -2.48. The first-order valence-corrected chi connectivity index (χ1v) is 11.9. The van der Waals surface area contributed by atoms with Crippen LogP contribution in [-0.2, 0) is 5.41 Å². The molecule has 0 saturated heterocycles. The van der Waals surface area contributed by atoms with Crippen molar-refractivity contribution >= 4 is 6.09 Å². The molecule has 0 aliphatic heterocycles. The molecule has 0 radical (unpaired) electrons. The highest BCUT2D eigenvalue weighted by atomic mass is 16.5. The van der Waals surface area contributed by atoms with Crippen molar-refractivity contribution in [2.24, 2.45) is 0 Å². The Morgan fingerprint density at radius 1 is 1.00 bits per heavy atom. The summed E-state index contributed by atoms with van der Waals surface area (Å²) in [7, 11) is 0. The number of benzene rings is 2. The van der Waals surface area contributed by atoms with Crippen LogP contribution < -0.4 is 14.8 Å². The number of hydrogen-bond acceptors (Lipinski definition) is 8. The van der Waals surface area contributed by atoms with Crippen molar-refractivity contribution in [2.45, 2.75) is 51.2 Å². The molecule has 10 nitrogen and oxygen atoms in total. The quantitative estimate of drug-likeness (QED) is 0.337. The number of aryl methyl sites for hydroxylation is 1. The first kappa shape index (κ1) is 24.2. The Hall–Kier alpha value is -4.47. The number of ether oxygens (including phenoxy) is 2. The fourth-order valence-electron chi connectivity index (χ4n) is 4.22. The second-order valence-electron chi connectivity index (χ2n) is 9.48. The van der Waals surface area contributed by atoms with E-state index >= 15 is 0 Å². The number of nitrogens with one attached hydrogen (secondary N) is 1. The molecule has 1 saturated carbocycles. The van der Waals surface area contributed by atoms with E-state index in [0.29, 0.717) is 36.1 Å². The first-order valence-electron chi connectivity index (χ1n) is 11.9. The molecule has 0 spiro atoms. The summed E-state index contributed by atoms with van der Waals surface area (Å²) < 4.78 is 17.2. The average molecular weight is 502 g/mol. The Kier molecular flexibility index (Phi) is 6.47. The molecule has 1 aliphatic rings. The van der Waals surface area contributed by atoms with E-state index < -0.39 is 6.09 Å². The highest BCUT2D eigenvalue weighted by Crippen LogP contribution is 2.34. The van der Waals surface area contributed by atoms with Gasteiger partial charge in [0.15, 0.2) is 0 Å². The molecule has 2 aromatic carbocycles. The minimum Gasteiger partial charge on any atom is -0.490 e. The van der Waals surface area contributed by atoms with Crippen LogP contribution in [0.3, 0.4) is 0 Å². The van der Waals surface area contributed by atoms with Gasteiger partial charge in [-0.25, -0.2) is 9.78 Å². The number of hydrogen-bond donors (Lipinski definition) is 2. The zero-order chi connectivity index (χ0) is 26.0. The van der Waals surface area contributed by atoms with Crippen molar-refractivity contribution in [3.05, 3.63) is 77.8 Å². The number of nitrogens with zero attached hydrogens (tertiary/aromatic N) is 4. The summed E-state index contributed by atoms with van der Waals surface area (Å²) in [6.45, 7) is 6.03. The van der Waals surface area contributed by atoms with E-state index in [1.165, 1.54) is 0 Å². The molecular weight excluding hydrogens is 474 g/mol. The summed E-state index contributed by atoms with van der Waals surface area (Å²) in [5, 5.41) is 19.1. The molecular formula is C27H27N5O5. The van der Waals surface area contributed by atoms with Gasteiger partial charge >= 0.3 is 12.1 Å². The third-order valence-electron chi connectivity index (χ3n) is 6.46. The van der Waals surface area contributed by atoms with Crippen LogP contribution in [-0.4, -0.2) is 43.5 Å². The summed E-state index contributed by atoms with van der Waals surface area (Å²) in [5.74, 6) is 2.15. The van der Waals surface area contributed by atoms with Gasteiger partial charge in [-0.1, -0.05) is 38.1 Å². The van der Waals surface area contributed by atoms with Gasteiger partial charge in [-0.2, -0.15) is 4.98 Å². The van der Waals surface area contributed by atoms with Gasteiger partial charge in [-0.05, 0) is 41.5 Å². The predicted octanol–water partition coefficient (Wildman–Crippen LogP) is 5.13. The number of rotatable bonds is 8. The number of carbonyl (C=O) groups is 1. The van der Waals surface area contributed by atoms with Gasteiger partial charge in [0, 0.05) is 37.4 Å². The zero-order valence-electron chi connectivity index (χ0n) is 20.7. The van der Waals surface area contributed by atoms with E-state index in [0.717, 1.165) is 16.9 Å². The molecule has 10 heteroatoms. The van der Waals surface area contributed by atoms with Crippen LogP contribution in [0.4, 0.5) is 4.79 Å². The van der Waals surface area contributed by atoms with Crippen molar-refractivity contribution in [1.29, 1.82) is 0 Å². The van der Waals surface area contributed by atoms with Crippen LogP contribution >= 0.6 is 0 Å². The van der Waals surface area contributed by atoms with Gasteiger partial charge in [0.25, 0.3) is 5.89 Å². The standard InChI is InChI=1S/C27H27N5O5/c1-16-31-32-24(35-16)23-12-13-28-25(30-23)37-21-10-6-18(7-11-21)27(2,3)17-4-8-20(9-5-17)36-22-14-19(15-22)29-26(33)34/h4-13,19,22,29H,14-15H2,1-3H3,(H,33,34). The summed E-state index contributed by atoms with van der Waals surface area (Å²) in [6.07, 6.45) is 1.98. The summed E-state index contributed by atoms with van der Waals surface area (Å²) in [4.78, 5) is 19.2. The number of amides is 1. The molecule has 1 fully saturated rings. The molecule has 1 aliphatic carbocycles. The van der Waals surface area contributed by atoms with E-state index in [1.54, 1.807) is 19.2 Å². The maximum absolute atomic E-state index is 10.7. The molecule has 2 aromatic heterocycles. The van der Waals surface area contributed by atoms with Crippen molar-refractivity contribution in [2.75, 3.05) is 0 Å².